The van der Waals surface area contributed by atoms with Crippen LogP contribution in [0.3, 0.4) is 0 Å². The quantitative estimate of drug-likeness (QED) is 0.711. The van der Waals surface area contributed by atoms with Crippen molar-refractivity contribution in [1.82, 2.24) is 4.90 Å². The van der Waals surface area contributed by atoms with Gasteiger partial charge in [-0.25, -0.2) is 0 Å². The number of aliphatic imine (C=N–C) groups is 1. The molecule has 0 aromatic heterocycles. The van der Waals surface area contributed by atoms with Crippen LogP contribution in [0.1, 0.15) is 12.8 Å². The molecule has 0 bridgehead atoms. The molecule has 5 heteroatoms. The summed E-state index contributed by atoms with van der Waals surface area (Å²) in [5.74, 6) is -0.0309. The van der Waals surface area contributed by atoms with Gasteiger partial charge in [0.15, 0.2) is 0 Å². The molecule has 2 heterocycles. The van der Waals surface area contributed by atoms with Crippen LogP contribution < -0.4 is 0 Å². The van der Waals surface area contributed by atoms with Crippen molar-refractivity contribution < 1.29 is 14.6 Å². The summed E-state index contributed by atoms with van der Waals surface area (Å²) in [6.07, 6.45) is 1.07. The second kappa shape index (κ2) is 3.81. The SMILES string of the molecule is CN1CCN=C1C1(C(=O)O)CCOCC1. The van der Waals surface area contributed by atoms with E-state index >= 15 is 0 Å². The van der Waals surface area contributed by atoms with Crippen molar-refractivity contribution in [2.75, 3.05) is 33.4 Å². The first-order valence-corrected chi connectivity index (χ1v) is 5.24. The average molecular weight is 212 g/mol. The molecule has 0 spiro atoms. The Morgan fingerprint density at radius 2 is 2.20 bits per heavy atom. The molecule has 0 amide bonds. The molecule has 0 aliphatic carbocycles. The zero-order valence-electron chi connectivity index (χ0n) is 8.90. The number of aliphatic carboxylic acids is 1. The van der Waals surface area contributed by atoms with E-state index in [9.17, 15) is 9.90 Å². The third-order valence-corrected chi connectivity index (χ3v) is 3.24. The number of amidine groups is 1. The molecule has 84 valence electrons. The lowest BCUT2D eigenvalue weighted by atomic mass is 9.78. The molecule has 0 aromatic rings. The largest absolute Gasteiger partial charge is 0.480 e. The molecule has 1 fully saturated rings. The van der Waals surface area contributed by atoms with E-state index in [1.165, 1.54) is 0 Å². The van der Waals surface area contributed by atoms with Gasteiger partial charge < -0.3 is 14.7 Å². The van der Waals surface area contributed by atoms with Crippen molar-refractivity contribution in [3.63, 3.8) is 0 Å². The van der Waals surface area contributed by atoms with Gasteiger partial charge in [-0.1, -0.05) is 0 Å². The summed E-state index contributed by atoms with van der Waals surface area (Å²) in [5.41, 5.74) is -0.802. The Labute approximate surface area is 88.7 Å². The van der Waals surface area contributed by atoms with E-state index in [2.05, 4.69) is 4.99 Å². The van der Waals surface area contributed by atoms with E-state index in [1.807, 2.05) is 11.9 Å². The summed E-state index contributed by atoms with van der Waals surface area (Å²) < 4.78 is 5.23. The fourth-order valence-corrected chi connectivity index (χ4v) is 2.30. The summed E-state index contributed by atoms with van der Waals surface area (Å²) in [5, 5.41) is 9.40. The molecule has 0 atom stereocenters. The third-order valence-electron chi connectivity index (χ3n) is 3.24. The average Bonchev–Trinajstić information content (AvgIpc) is 2.66. The van der Waals surface area contributed by atoms with Crippen molar-refractivity contribution in [2.24, 2.45) is 10.4 Å². The fourth-order valence-electron chi connectivity index (χ4n) is 2.30. The maximum absolute atomic E-state index is 11.4. The Morgan fingerprint density at radius 3 is 2.67 bits per heavy atom. The Morgan fingerprint density at radius 1 is 1.53 bits per heavy atom. The summed E-state index contributed by atoms with van der Waals surface area (Å²) in [7, 11) is 1.91. The Kier molecular flexibility index (Phi) is 2.65. The van der Waals surface area contributed by atoms with Crippen LogP contribution in [0.5, 0.6) is 0 Å². The maximum Gasteiger partial charge on any atom is 0.317 e. The van der Waals surface area contributed by atoms with Crippen LogP contribution in [-0.2, 0) is 9.53 Å². The van der Waals surface area contributed by atoms with Gasteiger partial charge in [-0.2, -0.15) is 0 Å². The van der Waals surface area contributed by atoms with Crippen molar-refractivity contribution in [3.05, 3.63) is 0 Å². The van der Waals surface area contributed by atoms with Crippen LogP contribution in [0.4, 0.5) is 0 Å². The molecule has 0 unspecified atom stereocenters. The molecule has 2 aliphatic heterocycles. The Hall–Kier alpha value is -1.10. The standard InChI is InChI=1S/C10H16N2O3/c1-12-5-4-11-8(12)10(9(13)14)2-6-15-7-3-10/h2-7H2,1H3,(H,13,14). The lowest BCUT2D eigenvalue weighted by Crippen LogP contribution is -2.48. The fraction of sp³-hybridized carbons (Fsp3) is 0.800. The van der Waals surface area contributed by atoms with Gasteiger partial charge in [0.2, 0.25) is 0 Å². The topological polar surface area (TPSA) is 62.1 Å². The zero-order valence-corrected chi connectivity index (χ0v) is 8.90. The second-order valence-electron chi connectivity index (χ2n) is 4.13. The van der Waals surface area contributed by atoms with Gasteiger partial charge in [-0.3, -0.25) is 9.79 Å². The third kappa shape index (κ3) is 1.61. The summed E-state index contributed by atoms with van der Waals surface area (Å²) >= 11 is 0. The van der Waals surface area contributed by atoms with E-state index in [0.717, 1.165) is 12.4 Å². The predicted octanol–water partition coefficient (Wildman–Crippen LogP) is 0.212. The molecule has 15 heavy (non-hydrogen) atoms. The minimum absolute atomic E-state index is 0.513. The number of hydrogen-bond donors (Lipinski definition) is 1. The zero-order chi connectivity index (χ0) is 10.9. The molecule has 5 nitrogen and oxygen atoms in total. The highest BCUT2D eigenvalue weighted by Gasteiger charge is 2.47. The van der Waals surface area contributed by atoms with Gasteiger partial charge in [0.1, 0.15) is 11.3 Å². The second-order valence-corrected chi connectivity index (χ2v) is 4.13. The van der Waals surface area contributed by atoms with E-state index in [1.54, 1.807) is 0 Å². The number of carboxylic acid groups (broad SMARTS) is 1. The minimum atomic E-state index is -0.802. The first kappa shape index (κ1) is 10.4. The van der Waals surface area contributed by atoms with Crippen molar-refractivity contribution >= 4 is 11.8 Å². The van der Waals surface area contributed by atoms with E-state index in [4.69, 9.17) is 4.74 Å². The predicted molar refractivity (Wildman–Crippen MR) is 55.1 cm³/mol. The highest BCUT2D eigenvalue weighted by Crippen LogP contribution is 2.34. The van der Waals surface area contributed by atoms with Crippen LogP contribution in [0.2, 0.25) is 0 Å². The lowest BCUT2D eigenvalue weighted by molar-refractivity contribution is -0.149. The van der Waals surface area contributed by atoms with Gasteiger partial charge in [0, 0.05) is 26.8 Å². The molecule has 1 saturated heterocycles. The number of likely N-dealkylation sites (N-methyl/N-ethyl adjacent to an activating group) is 1. The number of hydrogen-bond acceptors (Lipinski definition) is 4. The highest BCUT2D eigenvalue weighted by atomic mass is 16.5. The number of carboxylic acids is 1. The van der Waals surface area contributed by atoms with Crippen LogP contribution in [-0.4, -0.2) is 55.2 Å². The van der Waals surface area contributed by atoms with Gasteiger partial charge in [-0.15, -0.1) is 0 Å². The lowest BCUT2D eigenvalue weighted by Gasteiger charge is -2.35. The number of nitrogens with zero attached hydrogens (tertiary/aromatic N) is 2. The van der Waals surface area contributed by atoms with Crippen LogP contribution in [0, 0.1) is 5.41 Å². The molecular weight excluding hydrogens is 196 g/mol. The van der Waals surface area contributed by atoms with Crippen LogP contribution >= 0.6 is 0 Å². The molecule has 0 radical (unpaired) electrons. The van der Waals surface area contributed by atoms with E-state index < -0.39 is 11.4 Å². The minimum Gasteiger partial charge on any atom is -0.480 e. The first-order chi connectivity index (χ1) is 7.17. The number of rotatable bonds is 2. The normalized spacial score (nSPS) is 25.1. The summed E-state index contributed by atoms with van der Waals surface area (Å²) in [6.45, 7) is 2.56. The van der Waals surface area contributed by atoms with Gasteiger partial charge in [-0.05, 0) is 12.8 Å². The van der Waals surface area contributed by atoms with Crippen LogP contribution in [0.25, 0.3) is 0 Å². The molecular formula is C10H16N2O3. The van der Waals surface area contributed by atoms with Gasteiger partial charge >= 0.3 is 5.97 Å². The van der Waals surface area contributed by atoms with Crippen molar-refractivity contribution in [2.45, 2.75) is 12.8 Å². The maximum atomic E-state index is 11.4. The van der Waals surface area contributed by atoms with E-state index in [-0.39, 0.29) is 0 Å². The smallest absolute Gasteiger partial charge is 0.317 e. The Balaban J connectivity index is 2.29. The number of carbonyl (C=O) groups is 1. The molecule has 0 aromatic carbocycles. The van der Waals surface area contributed by atoms with E-state index in [0.29, 0.717) is 32.6 Å². The highest BCUT2D eigenvalue weighted by molar-refractivity contribution is 6.05. The molecule has 2 rings (SSSR count). The van der Waals surface area contributed by atoms with Crippen LogP contribution in [0.15, 0.2) is 4.99 Å². The number of ether oxygens (including phenoxy) is 1. The molecule has 0 saturated carbocycles. The van der Waals surface area contributed by atoms with Crippen molar-refractivity contribution in [3.8, 4) is 0 Å². The monoisotopic (exact) mass is 212 g/mol. The molecule has 2 aliphatic rings. The van der Waals surface area contributed by atoms with Gasteiger partial charge in [0.25, 0.3) is 0 Å². The molecule has 1 N–H and O–H groups in total. The first-order valence-electron chi connectivity index (χ1n) is 5.24. The summed E-state index contributed by atoms with van der Waals surface area (Å²) in [4.78, 5) is 17.7. The summed E-state index contributed by atoms with van der Waals surface area (Å²) in [6, 6.07) is 0. The Bertz CT molecular complexity index is 295. The van der Waals surface area contributed by atoms with Gasteiger partial charge in [0.05, 0.1) is 6.54 Å². The van der Waals surface area contributed by atoms with Crippen molar-refractivity contribution in [1.29, 1.82) is 0 Å².